The van der Waals surface area contributed by atoms with Crippen LogP contribution in [-0.4, -0.2) is 5.11 Å². The summed E-state index contributed by atoms with van der Waals surface area (Å²) >= 11 is 0. The largest absolute Gasteiger partial charge is 0.508 e. The first-order valence-electron chi connectivity index (χ1n) is 7.46. The van der Waals surface area contributed by atoms with Crippen LogP contribution in [0.1, 0.15) is 52.7 Å². The average Bonchev–Trinajstić information content (AvgIpc) is 2.38. The lowest BCUT2D eigenvalue weighted by molar-refractivity contribution is 0.475. The van der Waals surface area contributed by atoms with Crippen molar-refractivity contribution >= 4 is 0 Å². The zero-order valence-electron chi connectivity index (χ0n) is 14.1. The predicted molar refractivity (Wildman–Crippen MR) is 91.9 cm³/mol. The Bertz CT molecular complexity index is 492. The third-order valence-corrected chi connectivity index (χ3v) is 3.37. The van der Waals surface area contributed by atoms with Gasteiger partial charge in [-0.25, -0.2) is 0 Å². The van der Waals surface area contributed by atoms with Gasteiger partial charge in [-0.05, 0) is 34.1 Å². The summed E-state index contributed by atoms with van der Waals surface area (Å²) in [5, 5.41) is 8.63. The standard InChI is InChI=1S/C14H22.C6H6O/c1-13(2,3)11-7-9-12(10-8-11)14(4,5)6;7-6-4-2-1-3-5-6/h7-10H,1-6H3;1-5,7H. The molecule has 0 aliphatic heterocycles. The van der Waals surface area contributed by atoms with E-state index in [4.69, 9.17) is 5.11 Å². The molecule has 0 saturated carbocycles. The van der Waals surface area contributed by atoms with Gasteiger partial charge in [0.1, 0.15) is 5.75 Å². The Morgan fingerprint density at radius 2 is 0.905 bits per heavy atom. The van der Waals surface area contributed by atoms with Crippen LogP contribution in [0.5, 0.6) is 5.75 Å². The van der Waals surface area contributed by atoms with Crippen molar-refractivity contribution in [2.24, 2.45) is 0 Å². The van der Waals surface area contributed by atoms with Crippen molar-refractivity contribution in [1.29, 1.82) is 0 Å². The van der Waals surface area contributed by atoms with Crippen molar-refractivity contribution in [1.82, 2.24) is 0 Å². The predicted octanol–water partition coefficient (Wildman–Crippen LogP) is 5.67. The second-order valence-electron chi connectivity index (χ2n) is 7.41. The Kier molecular flexibility index (Phi) is 5.60. The Balaban J connectivity index is 0.000000262. The lowest BCUT2D eigenvalue weighted by atomic mass is 9.82. The van der Waals surface area contributed by atoms with Crippen LogP contribution in [-0.2, 0) is 10.8 Å². The third kappa shape index (κ3) is 6.03. The Hall–Kier alpha value is -1.76. The highest BCUT2D eigenvalue weighted by molar-refractivity contribution is 5.30. The van der Waals surface area contributed by atoms with E-state index in [2.05, 4.69) is 65.8 Å². The first-order chi connectivity index (χ1) is 9.60. The fraction of sp³-hybridized carbons (Fsp3) is 0.400. The summed E-state index contributed by atoms with van der Waals surface area (Å²) in [7, 11) is 0. The molecule has 0 heterocycles. The Labute approximate surface area is 129 Å². The van der Waals surface area contributed by atoms with Gasteiger partial charge in [-0.3, -0.25) is 0 Å². The van der Waals surface area contributed by atoms with Crippen LogP contribution in [0, 0.1) is 0 Å². The summed E-state index contributed by atoms with van der Waals surface area (Å²) in [6.45, 7) is 13.5. The van der Waals surface area contributed by atoms with Crippen molar-refractivity contribution in [2.75, 3.05) is 0 Å². The van der Waals surface area contributed by atoms with Gasteiger partial charge < -0.3 is 5.11 Å². The molecule has 21 heavy (non-hydrogen) atoms. The van der Waals surface area contributed by atoms with Crippen LogP contribution in [0.25, 0.3) is 0 Å². The molecule has 0 atom stereocenters. The molecule has 2 rings (SSSR count). The van der Waals surface area contributed by atoms with Crippen molar-refractivity contribution in [2.45, 2.75) is 52.4 Å². The van der Waals surface area contributed by atoms with Gasteiger partial charge in [0.2, 0.25) is 0 Å². The van der Waals surface area contributed by atoms with Gasteiger partial charge in [0.25, 0.3) is 0 Å². The molecular formula is C20H28O. The summed E-state index contributed by atoms with van der Waals surface area (Å²) < 4.78 is 0. The Morgan fingerprint density at radius 1 is 0.571 bits per heavy atom. The minimum absolute atomic E-state index is 0.260. The zero-order valence-corrected chi connectivity index (χ0v) is 14.1. The van der Waals surface area contributed by atoms with Crippen LogP contribution in [0.4, 0.5) is 0 Å². The van der Waals surface area contributed by atoms with Crippen LogP contribution in [0.2, 0.25) is 0 Å². The minimum atomic E-state index is 0.260. The lowest BCUT2D eigenvalue weighted by Gasteiger charge is -2.23. The molecule has 0 aliphatic rings. The molecule has 0 bridgehead atoms. The number of aromatic hydroxyl groups is 1. The summed E-state index contributed by atoms with van der Waals surface area (Å²) in [5.74, 6) is 0.322. The molecule has 2 aromatic carbocycles. The summed E-state index contributed by atoms with van der Waals surface area (Å²) in [6.07, 6.45) is 0. The highest BCUT2D eigenvalue weighted by atomic mass is 16.3. The molecular weight excluding hydrogens is 256 g/mol. The highest BCUT2D eigenvalue weighted by Gasteiger charge is 2.16. The fourth-order valence-electron chi connectivity index (χ4n) is 1.90. The molecule has 0 spiro atoms. The van der Waals surface area contributed by atoms with Gasteiger partial charge in [0.05, 0.1) is 0 Å². The number of phenols is 1. The first kappa shape index (κ1) is 17.3. The molecule has 1 nitrogen and oxygen atoms in total. The Morgan fingerprint density at radius 3 is 1.10 bits per heavy atom. The smallest absolute Gasteiger partial charge is 0.115 e. The van der Waals surface area contributed by atoms with Crippen molar-refractivity contribution in [3.8, 4) is 5.75 Å². The molecule has 1 heteroatoms. The summed E-state index contributed by atoms with van der Waals surface area (Å²) in [5.41, 5.74) is 3.34. The van der Waals surface area contributed by atoms with E-state index < -0.39 is 0 Å². The molecule has 0 amide bonds. The average molecular weight is 284 g/mol. The maximum atomic E-state index is 8.63. The summed E-state index contributed by atoms with van der Waals surface area (Å²) in [6, 6.07) is 17.7. The second-order valence-corrected chi connectivity index (χ2v) is 7.41. The molecule has 0 unspecified atom stereocenters. The van der Waals surface area contributed by atoms with Gasteiger partial charge in [-0.1, -0.05) is 84.0 Å². The fourth-order valence-corrected chi connectivity index (χ4v) is 1.90. The molecule has 114 valence electrons. The molecule has 1 N–H and O–H groups in total. The van der Waals surface area contributed by atoms with E-state index in [0.29, 0.717) is 5.75 Å². The van der Waals surface area contributed by atoms with E-state index in [1.807, 2.05) is 6.07 Å². The van der Waals surface area contributed by atoms with E-state index >= 15 is 0 Å². The second kappa shape index (κ2) is 6.80. The van der Waals surface area contributed by atoms with Gasteiger partial charge in [0, 0.05) is 0 Å². The monoisotopic (exact) mass is 284 g/mol. The van der Waals surface area contributed by atoms with Crippen LogP contribution < -0.4 is 0 Å². The number of para-hydroxylation sites is 1. The number of hydrogen-bond donors (Lipinski definition) is 1. The maximum absolute atomic E-state index is 8.63. The van der Waals surface area contributed by atoms with Crippen molar-refractivity contribution in [3.05, 3.63) is 65.7 Å². The van der Waals surface area contributed by atoms with E-state index in [1.54, 1.807) is 24.3 Å². The first-order valence-corrected chi connectivity index (χ1v) is 7.46. The van der Waals surface area contributed by atoms with E-state index in [0.717, 1.165) is 0 Å². The number of phenolic OH excluding ortho intramolecular Hbond substituents is 1. The van der Waals surface area contributed by atoms with E-state index in [1.165, 1.54) is 11.1 Å². The molecule has 0 fully saturated rings. The SMILES string of the molecule is CC(C)(C)c1ccc(C(C)(C)C)cc1.Oc1ccccc1. The highest BCUT2D eigenvalue weighted by Crippen LogP contribution is 2.26. The van der Waals surface area contributed by atoms with Gasteiger partial charge >= 0.3 is 0 Å². The molecule has 0 aliphatic carbocycles. The number of rotatable bonds is 0. The molecule has 2 aromatic rings. The third-order valence-electron chi connectivity index (χ3n) is 3.37. The van der Waals surface area contributed by atoms with E-state index in [-0.39, 0.29) is 10.8 Å². The minimum Gasteiger partial charge on any atom is -0.508 e. The maximum Gasteiger partial charge on any atom is 0.115 e. The summed E-state index contributed by atoms with van der Waals surface area (Å²) in [4.78, 5) is 0. The van der Waals surface area contributed by atoms with E-state index in [9.17, 15) is 0 Å². The number of hydrogen-bond acceptors (Lipinski definition) is 1. The zero-order chi connectivity index (χ0) is 16.1. The van der Waals surface area contributed by atoms with Crippen LogP contribution in [0.15, 0.2) is 54.6 Å². The quantitative estimate of drug-likeness (QED) is 0.660. The molecule has 0 radical (unpaired) electrons. The normalized spacial score (nSPS) is 11.5. The van der Waals surface area contributed by atoms with Gasteiger partial charge in [-0.15, -0.1) is 0 Å². The van der Waals surface area contributed by atoms with Crippen LogP contribution >= 0.6 is 0 Å². The number of benzene rings is 2. The molecule has 0 aromatic heterocycles. The van der Waals surface area contributed by atoms with Crippen molar-refractivity contribution < 1.29 is 5.11 Å². The van der Waals surface area contributed by atoms with Crippen LogP contribution in [0.3, 0.4) is 0 Å². The van der Waals surface area contributed by atoms with Gasteiger partial charge in [-0.2, -0.15) is 0 Å². The molecule has 0 saturated heterocycles. The lowest BCUT2D eigenvalue weighted by Crippen LogP contribution is -2.14. The van der Waals surface area contributed by atoms with Gasteiger partial charge in [0.15, 0.2) is 0 Å². The van der Waals surface area contributed by atoms with Crippen molar-refractivity contribution in [3.63, 3.8) is 0 Å². The topological polar surface area (TPSA) is 20.2 Å².